The lowest BCUT2D eigenvalue weighted by molar-refractivity contribution is -0.121. The van der Waals surface area contributed by atoms with E-state index in [0.717, 1.165) is 24.6 Å². The fourth-order valence-electron chi connectivity index (χ4n) is 1.98. The first-order valence-electron chi connectivity index (χ1n) is 6.23. The summed E-state index contributed by atoms with van der Waals surface area (Å²) in [5.74, 6) is 1.33. The summed E-state index contributed by atoms with van der Waals surface area (Å²) in [6.45, 7) is 3.84. The van der Waals surface area contributed by atoms with Crippen molar-refractivity contribution in [3.8, 4) is 0 Å². The number of carbonyl (C=O) groups is 1. The summed E-state index contributed by atoms with van der Waals surface area (Å²) in [5.41, 5.74) is 0.770. The Labute approximate surface area is 108 Å². The molecular formula is C13H20N4O. The molecule has 98 valence electrons. The quantitative estimate of drug-likeness (QED) is 0.832. The van der Waals surface area contributed by atoms with Crippen LogP contribution in [0.4, 0.5) is 11.5 Å². The second kappa shape index (κ2) is 5.35. The average molecular weight is 248 g/mol. The maximum Gasteiger partial charge on any atom is 0.227 e. The van der Waals surface area contributed by atoms with E-state index in [1.165, 1.54) is 0 Å². The number of carbonyl (C=O) groups excluding carboxylic acids is 1. The third kappa shape index (κ3) is 2.61. The number of rotatable bonds is 4. The molecule has 1 aliphatic rings. The molecule has 0 aromatic carbocycles. The highest BCUT2D eigenvalue weighted by Gasteiger charge is 2.29. The minimum Gasteiger partial charge on any atom is -0.361 e. The van der Waals surface area contributed by atoms with Crippen LogP contribution >= 0.6 is 0 Å². The van der Waals surface area contributed by atoms with E-state index in [-0.39, 0.29) is 11.8 Å². The van der Waals surface area contributed by atoms with Gasteiger partial charge in [-0.15, -0.1) is 0 Å². The van der Waals surface area contributed by atoms with Crippen LogP contribution in [0.1, 0.15) is 6.92 Å². The van der Waals surface area contributed by atoms with Crippen molar-refractivity contribution in [3.05, 3.63) is 18.3 Å². The topological polar surface area (TPSA) is 57.3 Å². The summed E-state index contributed by atoms with van der Waals surface area (Å²) in [7, 11) is 3.83. The minimum atomic E-state index is 0.0291. The number of pyridine rings is 1. The third-order valence-electron chi connectivity index (χ3n) is 3.40. The lowest BCUT2D eigenvalue weighted by Crippen LogP contribution is -2.48. The second-order valence-electron chi connectivity index (χ2n) is 4.97. The molecule has 2 rings (SSSR count). The zero-order chi connectivity index (χ0) is 13.1. The molecule has 1 aromatic rings. The molecule has 0 saturated carbocycles. The molecule has 0 spiro atoms. The Morgan fingerprint density at radius 3 is 2.83 bits per heavy atom. The highest BCUT2D eigenvalue weighted by Crippen LogP contribution is 2.23. The minimum absolute atomic E-state index is 0.0291. The fraction of sp³-hybridized carbons (Fsp3) is 0.538. The number of hydrogen-bond acceptors (Lipinski definition) is 4. The van der Waals surface area contributed by atoms with E-state index < -0.39 is 0 Å². The zero-order valence-corrected chi connectivity index (χ0v) is 11.1. The molecule has 2 N–H and O–H groups in total. The summed E-state index contributed by atoms with van der Waals surface area (Å²) >= 11 is 0. The predicted molar refractivity (Wildman–Crippen MR) is 72.7 cm³/mol. The van der Waals surface area contributed by atoms with Gasteiger partial charge in [-0.05, 0) is 31.1 Å². The van der Waals surface area contributed by atoms with Crippen molar-refractivity contribution in [2.24, 2.45) is 11.8 Å². The SMILES string of the molecule is CC(C(=O)Nc1cccnc1N(C)C)C1CNC1. The van der Waals surface area contributed by atoms with Crippen LogP contribution < -0.4 is 15.5 Å². The van der Waals surface area contributed by atoms with Gasteiger partial charge in [-0.1, -0.05) is 6.92 Å². The second-order valence-corrected chi connectivity index (χ2v) is 4.97. The fourth-order valence-corrected chi connectivity index (χ4v) is 1.98. The van der Waals surface area contributed by atoms with Gasteiger partial charge in [0.25, 0.3) is 0 Å². The van der Waals surface area contributed by atoms with Gasteiger partial charge in [-0.25, -0.2) is 4.98 Å². The summed E-state index contributed by atoms with van der Waals surface area (Å²) in [6.07, 6.45) is 1.73. The lowest BCUT2D eigenvalue weighted by atomic mass is 9.88. The summed E-state index contributed by atoms with van der Waals surface area (Å²) in [5, 5.41) is 6.16. The Balaban J connectivity index is 2.06. The van der Waals surface area contributed by atoms with Gasteiger partial charge in [0.05, 0.1) is 5.69 Å². The van der Waals surface area contributed by atoms with Crippen LogP contribution in [0.5, 0.6) is 0 Å². The molecule has 5 heteroatoms. The summed E-state index contributed by atoms with van der Waals surface area (Å²) in [6, 6.07) is 3.71. The molecule has 1 saturated heterocycles. The standard InChI is InChI=1S/C13H20N4O/c1-9(10-7-14-8-10)13(18)16-11-5-4-6-15-12(11)17(2)3/h4-6,9-10,14H,7-8H2,1-3H3,(H,16,18). The molecule has 1 atom stereocenters. The first-order valence-corrected chi connectivity index (χ1v) is 6.23. The van der Waals surface area contributed by atoms with Crippen molar-refractivity contribution >= 4 is 17.4 Å². The Kier molecular flexibility index (Phi) is 3.81. The van der Waals surface area contributed by atoms with Crippen LogP contribution in [0.2, 0.25) is 0 Å². The van der Waals surface area contributed by atoms with Gasteiger partial charge in [0.1, 0.15) is 0 Å². The van der Waals surface area contributed by atoms with Crippen molar-refractivity contribution in [3.63, 3.8) is 0 Å². The average Bonchev–Trinajstić information content (AvgIpc) is 2.27. The normalized spacial score (nSPS) is 16.8. The number of amides is 1. The van der Waals surface area contributed by atoms with Crippen LogP contribution in [0.3, 0.4) is 0 Å². The third-order valence-corrected chi connectivity index (χ3v) is 3.40. The summed E-state index contributed by atoms with van der Waals surface area (Å²) < 4.78 is 0. The first kappa shape index (κ1) is 12.8. The predicted octanol–water partition coefficient (Wildman–Crippen LogP) is 0.942. The maximum absolute atomic E-state index is 12.1. The van der Waals surface area contributed by atoms with Gasteiger partial charge >= 0.3 is 0 Å². The Morgan fingerprint density at radius 1 is 1.56 bits per heavy atom. The molecule has 0 aliphatic carbocycles. The molecule has 1 amide bonds. The number of nitrogens with one attached hydrogen (secondary N) is 2. The summed E-state index contributed by atoms with van der Waals surface area (Å²) in [4.78, 5) is 18.3. The number of nitrogens with zero attached hydrogens (tertiary/aromatic N) is 2. The van der Waals surface area contributed by atoms with Crippen LogP contribution in [0, 0.1) is 11.8 Å². The largest absolute Gasteiger partial charge is 0.361 e. The number of aromatic nitrogens is 1. The lowest BCUT2D eigenvalue weighted by Gasteiger charge is -2.31. The van der Waals surface area contributed by atoms with Crippen molar-refractivity contribution in [1.29, 1.82) is 0 Å². The molecule has 0 bridgehead atoms. The Bertz CT molecular complexity index is 429. The van der Waals surface area contributed by atoms with E-state index in [1.54, 1.807) is 6.20 Å². The van der Waals surface area contributed by atoms with E-state index in [1.807, 2.05) is 38.1 Å². The van der Waals surface area contributed by atoms with E-state index in [4.69, 9.17) is 0 Å². The van der Waals surface area contributed by atoms with Crippen molar-refractivity contribution in [2.75, 3.05) is 37.4 Å². The molecule has 2 heterocycles. The van der Waals surface area contributed by atoms with Gasteiger partial charge < -0.3 is 15.5 Å². The van der Waals surface area contributed by atoms with Crippen LogP contribution in [-0.4, -0.2) is 38.1 Å². The van der Waals surface area contributed by atoms with Gasteiger partial charge in [0, 0.05) is 26.2 Å². The first-order chi connectivity index (χ1) is 8.59. The molecule has 1 fully saturated rings. The van der Waals surface area contributed by atoms with Gasteiger partial charge in [-0.2, -0.15) is 0 Å². The number of hydrogen-bond donors (Lipinski definition) is 2. The van der Waals surface area contributed by atoms with E-state index >= 15 is 0 Å². The number of anilines is 2. The maximum atomic E-state index is 12.1. The molecule has 18 heavy (non-hydrogen) atoms. The van der Waals surface area contributed by atoms with Crippen molar-refractivity contribution in [1.82, 2.24) is 10.3 Å². The monoisotopic (exact) mass is 248 g/mol. The van der Waals surface area contributed by atoms with Crippen molar-refractivity contribution < 1.29 is 4.79 Å². The molecule has 0 radical (unpaired) electrons. The molecular weight excluding hydrogens is 228 g/mol. The van der Waals surface area contributed by atoms with Gasteiger partial charge in [-0.3, -0.25) is 4.79 Å². The highest BCUT2D eigenvalue weighted by molar-refractivity contribution is 5.95. The van der Waals surface area contributed by atoms with E-state index in [0.29, 0.717) is 5.92 Å². The van der Waals surface area contributed by atoms with Crippen LogP contribution in [-0.2, 0) is 4.79 Å². The highest BCUT2D eigenvalue weighted by atomic mass is 16.1. The van der Waals surface area contributed by atoms with Crippen LogP contribution in [0.15, 0.2) is 18.3 Å². The molecule has 1 unspecified atom stereocenters. The zero-order valence-electron chi connectivity index (χ0n) is 11.1. The molecule has 1 aliphatic heterocycles. The molecule has 5 nitrogen and oxygen atoms in total. The smallest absolute Gasteiger partial charge is 0.227 e. The van der Waals surface area contributed by atoms with E-state index in [2.05, 4.69) is 15.6 Å². The van der Waals surface area contributed by atoms with Gasteiger partial charge in [0.15, 0.2) is 5.82 Å². The Morgan fingerprint density at radius 2 is 2.28 bits per heavy atom. The van der Waals surface area contributed by atoms with Crippen LogP contribution in [0.25, 0.3) is 0 Å². The van der Waals surface area contributed by atoms with Crippen molar-refractivity contribution in [2.45, 2.75) is 6.92 Å². The Hall–Kier alpha value is -1.62. The van der Waals surface area contributed by atoms with E-state index in [9.17, 15) is 4.79 Å². The van der Waals surface area contributed by atoms with Gasteiger partial charge in [0.2, 0.25) is 5.91 Å². The molecule has 1 aromatic heterocycles.